The molecule has 5 rings (SSSR count). The molecule has 0 atom stereocenters. The van der Waals surface area contributed by atoms with E-state index in [1.54, 1.807) is 37.2 Å². The molecule has 1 aromatic carbocycles. The summed E-state index contributed by atoms with van der Waals surface area (Å²) < 4.78 is 0. The average Bonchev–Trinajstić information content (AvgIpc) is 2.79. The van der Waals surface area contributed by atoms with Crippen molar-refractivity contribution < 1.29 is 0 Å². The summed E-state index contributed by atoms with van der Waals surface area (Å²) >= 11 is 0. The molecule has 0 spiro atoms. The van der Waals surface area contributed by atoms with E-state index in [1.165, 1.54) is 6.33 Å². The molecule has 132 valence electrons. The van der Waals surface area contributed by atoms with Gasteiger partial charge in [0.2, 0.25) is 0 Å². The van der Waals surface area contributed by atoms with Gasteiger partial charge in [-0.3, -0.25) is 19.9 Å². The molecule has 0 radical (unpaired) electrons. The number of aromatic nitrogens is 7. The van der Waals surface area contributed by atoms with Gasteiger partial charge in [-0.2, -0.15) is 0 Å². The molecule has 4 aromatic heterocycles. The Morgan fingerprint density at radius 1 is 0.536 bits per heavy atom. The van der Waals surface area contributed by atoms with Crippen LogP contribution in [0.1, 0.15) is 0 Å². The molecule has 0 saturated heterocycles. The van der Waals surface area contributed by atoms with Crippen molar-refractivity contribution in [2.45, 2.75) is 0 Å². The minimum Gasteiger partial charge on any atom is -0.260 e. The van der Waals surface area contributed by atoms with Crippen LogP contribution in [-0.2, 0) is 0 Å². The Balaban J connectivity index is 1.48. The number of rotatable bonds is 3. The van der Waals surface area contributed by atoms with E-state index in [1.807, 2.05) is 30.5 Å². The standard InChI is InChI=1S/C21H13N7/c1-2-4-17-14(3-1)5-15(8-25-17)18-11-27-20(12-26-18)21-10-22-9-19(28-21)16-6-23-13-24-7-16/h1-13H. The zero-order valence-corrected chi connectivity index (χ0v) is 14.6. The van der Waals surface area contributed by atoms with Gasteiger partial charge in [-0.25, -0.2) is 15.0 Å². The first-order valence-electron chi connectivity index (χ1n) is 8.62. The highest BCUT2D eigenvalue weighted by Crippen LogP contribution is 2.23. The third-order valence-electron chi connectivity index (χ3n) is 4.29. The van der Waals surface area contributed by atoms with Gasteiger partial charge in [0.15, 0.2) is 0 Å². The molecule has 0 fully saturated rings. The van der Waals surface area contributed by atoms with Crippen molar-refractivity contribution in [1.29, 1.82) is 0 Å². The molecule has 5 aromatic rings. The summed E-state index contributed by atoms with van der Waals surface area (Å²) in [5.41, 5.74) is 5.38. The molecule has 0 unspecified atom stereocenters. The van der Waals surface area contributed by atoms with E-state index in [2.05, 4.69) is 41.0 Å². The highest BCUT2D eigenvalue weighted by atomic mass is 14.9. The van der Waals surface area contributed by atoms with Crippen molar-refractivity contribution in [1.82, 2.24) is 34.9 Å². The topological polar surface area (TPSA) is 90.2 Å². The monoisotopic (exact) mass is 363 g/mol. The summed E-state index contributed by atoms with van der Waals surface area (Å²) in [6.45, 7) is 0. The van der Waals surface area contributed by atoms with Gasteiger partial charge in [-0.05, 0) is 12.1 Å². The molecule has 0 bridgehead atoms. The van der Waals surface area contributed by atoms with Gasteiger partial charge in [0, 0.05) is 35.1 Å². The van der Waals surface area contributed by atoms with Crippen LogP contribution >= 0.6 is 0 Å². The van der Waals surface area contributed by atoms with Crippen LogP contribution in [0.4, 0.5) is 0 Å². The molecule has 0 aliphatic carbocycles. The lowest BCUT2D eigenvalue weighted by atomic mass is 10.1. The van der Waals surface area contributed by atoms with Crippen LogP contribution in [0.15, 0.2) is 80.0 Å². The van der Waals surface area contributed by atoms with Crippen LogP contribution in [-0.4, -0.2) is 34.9 Å². The van der Waals surface area contributed by atoms with Gasteiger partial charge in [-0.15, -0.1) is 0 Å². The largest absolute Gasteiger partial charge is 0.260 e. The van der Waals surface area contributed by atoms with Crippen LogP contribution in [0.5, 0.6) is 0 Å². The molecular formula is C21H13N7. The van der Waals surface area contributed by atoms with Crippen molar-refractivity contribution in [2.75, 3.05) is 0 Å². The van der Waals surface area contributed by atoms with E-state index in [9.17, 15) is 0 Å². The first-order valence-corrected chi connectivity index (χ1v) is 8.62. The lowest BCUT2D eigenvalue weighted by Gasteiger charge is -2.05. The number of hydrogen-bond acceptors (Lipinski definition) is 7. The van der Waals surface area contributed by atoms with Crippen molar-refractivity contribution in [3.8, 4) is 33.9 Å². The molecular weight excluding hydrogens is 350 g/mol. The summed E-state index contributed by atoms with van der Waals surface area (Å²) in [5, 5.41) is 1.06. The normalized spacial score (nSPS) is 10.9. The molecule has 0 N–H and O–H groups in total. The molecule has 7 nitrogen and oxygen atoms in total. The lowest BCUT2D eigenvalue weighted by molar-refractivity contribution is 1.12. The van der Waals surface area contributed by atoms with E-state index in [-0.39, 0.29) is 0 Å². The maximum atomic E-state index is 4.60. The maximum Gasteiger partial charge on any atom is 0.115 e. The van der Waals surface area contributed by atoms with Crippen molar-refractivity contribution >= 4 is 10.9 Å². The molecule has 7 heteroatoms. The summed E-state index contributed by atoms with van der Waals surface area (Å²) in [6, 6.07) is 10.0. The third kappa shape index (κ3) is 3.05. The highest BCUT2D eigenvalue weighted by Gasteiger charge is 2.08. The fourth-order valence-corrected chi connectivity index (χ4v) is 2.88. The van der Waals surface area contributed by atoms with Gasteiger partial charge in [0.1, 0.15) is 17.7 Å². The van der Waals surface area contributed by atoms with Crippen LogP contribution in [0.2, 0.25) is 0 Å². The zero-order chi connectivity index (χ0) is 18.8. The third-order valence-corrected chi connectivity index (χ3v) is 4.29. The Morgan fingerprint density at radius 3 is 2.18 bits per heavy atom. The number of benzene rings is 1. The van der Waals surface area contributed by atoms with Gasteiger partial charge in [0.05, 0.1) is 41.7 Å². The van der Waals surface area contributed by atoms with E-state index >= 15 is 0 Å². The Kier molecular flexibility index (Phi) is 3.95. The minimum atomic E-state index is 0.636. The van der Waals surface area contributed by atoms with Crippen molar-refractivity contribution in [2.24, 2.45) is 0 Å². The Hall–Kier alpha value is -4.13. The van der Waals surface area contributed by atoms with Crippen LogP contribution in [0, 0.1) is 0 Å². The number of hydrogen-bond donors (Lipinski definition) is 0. The Labute approximate surface area is 160 Å². The lowest BCUT2D eigenvalue weighted by Crippen LogP contribution is -1.95. The van der Waals surface area contributed by atoms with Gasteiger partial charge in [-0.1, -0.05) is 18.2 Å². The van der Waals surface area contributed by atoms with Crippen LogP contribution in [0.3, 0.4) is 0 Å². The van der Waals surface area contributed by atoms with Crippen molar-refractivity contribution in [3.63, 3.8) is 0 Å². The van der Waals surface area contributed by atoms with E-state index in [0.717, 1.165) is 27.7 Å². The van der Waals surface area contributed by atoms with Gasteiger partial charge >= 0.3 is 0 Å². The summed E-state index contributed by atoms with van der Waals surface area (Å²) in [6.07, 6.45) is 13.4. The number of fused-ring (bicyclic) bond motifs is 1. The second-order valence-corrected chi connectivity index (χ2v) is 6.12. The van der Waals surface area contributed by atoms with Crippen LogP contribution < -0.4 is 0 Å². The van der Waals surface area contributed by atoms with Crippen molar-refractivity contribution in [3.05, 3.63) is 80.0 Å². The Bertz CT molecular complexity index is 1250. The molecule has 0 aliphatic heterocycles. The Morgan fingerprint density at radius 2 is 1.32 bits per heavy atom. The van der Waals surface area contributed by atoms with Gasteiger partial charge in [0.25, 0.3) is 0 Å². The predicted molar refractivity (Wildman–Crippen MR) is 105 cm³/mol. The second-order valence-electron chi connectivity index (χ2n) is 6.12. The molecule has 0 saturated carbocycles. The predicted octanol–water partition coefficient (Wildman–Crippen LogP) is 3.61. The smallest absolute Gasteiger partial charge is 0.115 e. The SMILES string of the molecule is c1ccc2ncc(-c3cnc(-c4cncc(-c5cncnc5)n4)cn3)cc2c1. The zero-order valence-electron chi connectivity index (χ0n) is 14.6. The van der Waals surface area contributed by atoms with E-state index in [4.69, 9.17) is 0 Å². The van der Waals surface area contributed by atoms with E-state index < -0.39 is 0 Å². The summed E-state index contributed by atoms with van der Waals surface area (Å²) in [7, 11) is 0. The summed E-state index contributed by atoms with van der Waals surface area (Å²) in [5.74, 6) is 0. The van der Waals surface area contributed by atoms with Crippen LogP contribution in [0.25, 0.3) is 44.8 Å². The fraction of sp³-hybridized carbons (Fsp3) is 0. The van der Waals surface area contributed by atoms with Gasteiger partial charge < -0.3 is 0 Å². The molecule has 28 heavy (non-hydrogen) atoms. The first-order chi connectivity index (χ1) is 13.9. The second kappa shape index (κ2) is 6.88. The number of nitrogens with zero attached hydrogens (tertiary/aromatic N) is 7. The quantitative estimate of drug-likeness (QED) is 0.484. The average molecular weight is 363 g/mol. The molecule has 0 aliphatic rings. The maximum absolute atomic E-state index is 4.60. The molecule has 4 heterocycles. The first kappa shape index (κ1) is 16.1. The number of pyridine rings is 1. The summed E-state index contributed by atoms with van der Waals surface area (Å²) in [4.78, 5) is 30.4. The minimum absolute atomic E-state index is 0.636. The number of para-hydroxylation sites is 1. The molecule has 0 amide bonds. The highest BCUT2D eigenvalue weighted by molar-refractivity contribution is 5.82. The van der Waals surface area contributed by atoms with E-state index in [0.29, 0.717) is 17.1 Å². The fourth-order valence-electron chi connectivity index (χ4n) is 2.88.